The van der Waals surface area contributed by atoms with Crippen LogP contribution < -0.4 is 4.90 Å². The number of amides is 2. The van der Waals surface area contributed by atoms with Gasteiger partial charge in [0.15, 0.2) is 0 Å². The number of carbonyl (C=O) groups is 1. The van der Waals surface area contributed by atoms with E-state index in [0.717, 1.165) is 43.6 Å². The molecule has 2 unspecified atom stereocenters. The monoisotopic (exact) mass is 416 g/mol. The van der Waals surface area contributed by atoms with Crippen molar-refractivity contribution in [1.82, 2.24) is 14.2 Å². The van der Waals surface area contributed by atoms with Gasteiger partial charge in [0.25, 0.3) is 0 Å². The smallest absolute Gasteiger partial charge is 0.308 e. The lowest BCUT2D eigenvalue weighted by atomic mass is 10.1. The first kappa shape index (κ1) is 23.4. The van der Waals surface area contributed by atoms with Crippen LogP contribution in [0, 0.1) is 18.3 Å². The Morgan fingerprint density at radius 3 is 2.66 bits per heavy atom. The molecule has 0 aliphatic carbocycles. The quantitative estimate of drug-likeness (QED) is 0.371. The van der Waals surface area contributed by atoms with E-state index in [4.69, 9.17) is 10.8 Å². The maximum absolute atomic E-state index is 13.4. The van der Waals surface area contributed by atoms with Crippen LogP contribution in [0.4, 0.5) is 9.80 Å². The Morgan fingerprint density at radius 1 is 1.28 bits per heavy atom. The summed E-state index contributed by atoms with van der Waals surface area (Å²) in [4.78, 5) is 19.6. The summed E-state index contributed by atoms with van der Waals surface area (Å²) >= 11 is 1.47. The van der Waals surface area contributed by atoms with Gasteiger partial charge in [-0.05, 0) is 43.6 Å². The highest BCUT2D eigenvalue weighted by Crippen LogP contribution is 2.34. The molecule has 29 heavy (non-hydrogen) atoms. The Bertz CT molecular complexity index is 723. The third kappa shape index (κ3) is 5.83. The van der Waals surface area contributed by atoms with E-state index < -0.39 is 0 Å². The van der Waals surface area contributed by atoms with Crippen LogP contribution in [0.5, 0.6) is 0 Å². The zero-order valence-electron chi connectivity index (χ0n) is 18.5. The van der Waals surface area contributed by atoms with Crippen molar-refractivity contribution in [2.24, 2.45) is 5.92 Å². The summed E-state index contributed by atoms with van der Waals surface area (Å²) in [5.41, 5.74) is 2.42. The van der Waals surface area contributed by atoms with E-state index in [0.29, 0.717) is 25.7 Å². The topological polar surface area (TPSA) is 39.7 Å². The van der Waals surface area contributed by atoms with Crippen molar-refractivity contribution in [1.29, 1.82) is 0 Å². The molecule has 2 atom stereocenters. The Labute approximate surface area is 180 Å². The largest absolute Gasteiger partial charge is 0.327 e. The molecule has 1 aliphatic heterocycles. The number of anilines is 1. The van der Waals surface area contributed by atoms with Gasteiger partial charge in [-0.15, -0.1) is 18.9 Å². The highest BCUT2D eigenvalue weighted by molar-refractivity contribution is 7.10. The molecular formula is C23H36N4OS. The van der Waals surface area contributed by atoms with Crippen molar-refractivity contribution in [2.45, 2.75) is 72.3 Å². The predicted molar refractivity (Wildman–Crippen MR) is 123 cm³/mol. The van der Waals surface area contributed by atoms with Crippen LogP contribution in [0.1, 0.15) is 64.6 Å². The minimum absolute atomic E-state index is 0.000976. The number of urea groups is 1. The molecule has 2 heterocycles. The molecule has 0 radical (unpaired) electrons. The van der Waals surface area contributed by atoms with Gasteiger partial charge < -0.3 is 4.90 Å². The minimum Gasteiger partial charge on any atom is -0.308 e. The SMILES string of the molecule is C#CCC(C)N1CN(CC(C)C=C)CN(c2snc(CCCC)c2CCC)C1=O. The fourth-order valence-electron chi connectivity index (χ4n) is 3.68. The first-order valence-electron chi connectivity index (χ1n) is 10.8. The number of unbranched alkanes of at least 4 members (excludes halogenated alkanes) is 1. The number of hydrogen-bond donors (Lipinski definition) is 0. The third-order valence-electron chi connectivity index (χ3n) is 5.43. The molecule has 0 saturated carbocycles. The van der Waals surface area contributed by atoms with Crippen LogP contribution in [0.15, 0.2) is 12.7 Å². The lowest BCUT2D eigenvalue weighted by Crippen LogP contribution is -2.61. The zero-order valence-corrected chi connectivity index (χ0v) is 19.3. The maximum atomic E-state index is 13.4. The summed E-state index contributed by atoms with van der Waals surface area (Å²) < 4.78 is 4.75. The number of aromatic nitrogens is 1. The van der Waals surface area contributed by atoms with Gasteiger partial charge in [0.05, 0.1) is 19.0 Å². The molecule has 1 aromatic rings. The Kier molecular flexibility index (Phi) is 9.19. The number of aryl methyl sites for hydroxylation is 1. The van der Waals surface area contributed by atoms with Crippen LogP contribution in [-0.4, -0.2) is 46.1 Å². The van der Waals surface area contributed by atoms with Crippen LogP contribution in [0.2, 0.25) is 0 Å². The summed E-state index contributed by atoms with van der Waals surface area (Å²) in [6.07, 6.45) is 13.3. The molecule has 0 bridgehead atoms. The summed E-state index contributed by atoms with van der Waals surface area (Å²) in [6.45, 7) is 14.5. The molecule has 1 aliphatic rings. The van der Waals surface area contributed by atoms with E-state index in [1.54, 1.807) is 0 Å². The van der Waals surface area contributed by atoms with Gasteiger partial charge in [-0.3, -0.25) is 9.80 Å². The highest BCUT2D eigenvalue weighted by Gasteiger charge is 2.36. The molecule has 160 valence electrons. The Morgan fingerprint density at radius 2 is 2.03 bits per heavy atom. The first-order chi connectivity index (χ1) is 14.0. The fraction of sp³-hybridized carbons (Fsp3) is 0.652. The van der Waals surface area contributed by atoms with Gasteiger partial charge in [0, 0.05) is 24.6 Å². The minimum atomic E-state index is -0.000976. The number of hydrogen-bond acceptors (Lipinski definition) is 4. The molecule has 2 rings (SSSR count). The molecule has 0 N–H and O–H groups in total. The van der Waals surface area contributed by atoms with Crippen LogP contribution in [0.3, 0.4) is 0 Å². The Balaban J connectivity index is 2.37. The first-order valence-corrected chi connectivity index (χ1v) is 11.6. The lowest BCUT2D eigenvalue weighted by Gasteiger charge is -2.44. The molecule has 5 nitrogen and oxygen atoms in total. The van der Waals surface area contributed by atoms with Gasteiger partial charge >= 0.3 is 6.03 Å². The van der Waals surface area contributed by atoms with E-state index in [2.05, 4.69) is 38.2 Å². The van der Waals surface area contributed by atoms with Crippen LogP contribution in [-0.2, 0) is 12.8 Å². The predicted octanol–water partition coefficient (Wildman–Crippen LogP) is 5.13. The van der Waals surface area contributed by atoms with E-state index in [9.17, 15) is 4.79 Å². The molecule has 0 spiro atoms. The molecule has 1 fully saturated rings. The van der Waals surface area contributed by atoms with Gasteiger partial charge in [-0.2, -0.15) is 4.37 Å². The van der Waals surface area contributed by atoms with E-state index >= 15 is 0 Å². The highest BCUT2D eigenvalue weighted by atomic mass is 32.1. The van der Waals surface area contributed by atoms with Gasteiger partial charge in [-0.25, -0.2) is 4.79 Å². The van der Waals surface area contributed by atoms with Crippen molar-refractivity contribution in [3.05, 3.63) is 23.9 Å². The second kappa shape index (κ2) is 11.4. The standard InChI is InChI=1S/C23H36N4OS/c1-7-11-14-21-20(13-9-3)22(29-24-21)27-17-25(15-18(5)10-4)16-26(23(27)28)19(6)12-8-2/h2,10,18-19H,4,7,9,11-17H2,1,3,5-6H3. The summed E-state index contributed by atoms with van der Waals surface area (Å²) in [7, 11) is 0. The van der Waals surface area contributed by atoms with E-state index in [1.165, 1.54) is 22.8 Å². The van der Waals surface area contributed by atoms with Crippen LogP contribution >= 0.6 is 11.5 Å². The average molecular weight is 417 g/mol. The molecule has 1 aromatic heterocycles. The van der Waals surface area contributed by atoms with Crippen molar-refractivity contribution in [3.63, 3.8) is 0 Å². The fourth-order valence-corrected chi connectivity index (χ4v) is 4.64. The second-order valence-electron chi connectivity index (χ2n) is 8.05. The second-order valence-corrected chi connectivity index (χ2v) is 8.81. The number of terminal acetylenes is 1. The van der Waals surface area contributed by atoms with Crippen molar-refractivity contribution >= 4 is 22.6 Å². The molecular weight excluding hydrogens is 380 g/mol. The molecule has 2 amide bonds. The van der Waals surface area contributed by atoms with Gasteiger partial charge in [0.1, 0.15) is 5.00 Å². The third-order valence-corrected chi connectivity index (χ3v) is 6.38. The zero-order chi connectivity index (χ0) is 21.4. The molecule has 0 aromatic carbocycles. The average Bonchev–Trinajstić information content (AvgIpc) is 3.10. The molecule has 6 heteroatoms. The lowest BCUT2D eigenvalue weighted by molar-refractivity contribution is 0.0894. The summed E-state index contributed by atoms with van der Waals surface area (Å²) in [6, 6.07) is 0.0391. The van der Waals surface area contributed by atoms with Crippen molar-refractivity contribution in [2.75, 3.05) is 24.8 Å². The number of nitrogens with zero attached hydrogens (tertiary/aromatic N) is 4. The van der Waals surface area contributed by atoms with Crippen molar-refractivity contribution < 1.29 is 4.79 Å². The van der Waals surface area contributed by atoms with E-state index in [-0.39, 0.29) is 12.1 Å². The maximum Gasteiger partial charge on any atom is 0.327 e. The number of rotatable bonds is 11. The molecule has 1 saturated heterocycles. The van der Waals surface area contributed by atoms with Gasteiger partial charge in [-0.1, -0.05) is 39.7 Å². The van der Waals surface area contributed by atoms with Crippen molar-refractivity contribution in [3.8, 4) is 12.3 Å². The number of carbonyl (C=O) groups excluding carboxylic acids is 1. The van der Waals surface area contributed by atoms with Crippen LogP contribution in [0.25, 0.3) is 0 Å². The normalized spacial score (nSPS) is 17.3. The summed E-state index contributed by atoms with van der Waals surface area (Å²) in [5.74, 6) is 3.06. The van der Waals surface area contributed by atoms with E-state index in [1.807, 2.05) is 22.8 Å². The Hall–Kier alpha value is -1.84. The van der Waals surface area contributed by atoms with Gasteiger partial charge in [0.2, 0.25) is 0 Å². The summed E-state index contributed by atoms with van der Waals surface area (Å²) in [5, 5.41) is 1.01.